The first-order valence-corrected chi connectivity index (χ1v) is 3.15. The van der Waals surface area contributed by atoms with Crippen molar-refractivity contribution >= 4 is 5.96 Å². The van der Waals surface area contributed by atoms with Crippen molar-refractivity contribution < 1.29 is 4.79 Å². The van der Waals surface area contributed by atoms with Gasteiger partial charge in [0.05, 0.1) is 0 Å². The lowest BCUT2D eigenvalue weighted by Gasteiger charge is -1.70. The maximum atomic E-state index is 8.34. The Morgan fingerprint density at radius 3 is 2.09 bits per heavy atom. The van der Waals surface area contributed by atoms with Crippen molar-refractivity contribution in [3.63, 3.8) is 0 Å². The van der Waals surface area contributed by atoms with E-state index in [1.807, 2.05) is 24.3 Å². The van der Waals surface area contributed by atoms with Gasteiger partial charge in [0, 0.05) is 0 Å². The van der Waals surface area contributed by atoms with Crippen molar-refractivity contribution in [1.82, 2.24) is 0 Å². The summed E-state index contributed by atoms with van der Waals surface area (Å²) in [6.45, 7) is 0. The first kappa shape index (κ1) is 5.95. The van der Waals surface area contributed by atoms with Gasteiger partial charge in [0.2, 0.25) is 0 Å². The Bertz CT molecular complexity index is 417. The number of nitrogens with zero attached hydrogens (tertiary/aromatic N) is 4. The summed E-state index contributed by atoms with van der Waals surface area (Å²) in [5, 5.41) is 1.50. The number of guanidine groups is 1. The van der Waals surface area contributed by atoms with Gasteiger partial charge in [-0.1, -0.05) is 22.1 Å². The van der Waals surface area contributed by atoms with Crippen molar-refractivity contribution in [3.05, 3.63) is 40.5 Å². The third-order valence-electron chi connectivity index (χ3n) is 1.41. The highest BCUT2D eigenvalue weighted by Crippen LogP contribution is 1.80. The zero-order chi connectivity index (χ0) is 7.68. The standard InChI is InChI=1S/C7H4N4/c8-11-7-9-5-3-1-2-4-6(5)10-7/h1-4H. The molecule has 0 saturated heterocycles. The van der Waals surface area contributed by atoms with Crippen LogP contribution < -0.4 is 10.7 Å². The zero-order valence-electron chi connectivity index (χ0n) is 5.60. The molecule has 0 fully saturated rings. The molecule has 1 aliphatic heterocycles. The molecule has 52 valence electrons. The molecule has 1 aromatic carbocycles. The summed E-state index contributed by atoms with van der Waals surface area (Å²) in [5.74, 6) is 0.117. The summed E-state index contributed by atoms with van der Waals surface area (Å²) in [6, 6.07) is 7.35. The fourth-order valence-corrected chi connectivity index (χ4v) is 0.938. The number of fused-ring (bicyclic) bond motifs is 1. The molecule has 0 atom stereocenters. The van der Waals surface area contributed by atoms with Gasteiger partial charge in [-0.25, -0.2) is 0 Å². The van der Waals surface area contributed by atoms with E-state index in [1.165, 1.54) is 0 Å². The number of hydrogen-bond acceptors (Lipinski definition) is 0. The van der Waals surface area contributed by atoms with Gasteiger partial charge in [0.15, 0.2) is 10.7 Å². The van der Waals surface area contributed by atoms with Gasteiger partial charge in [-0.3, -0.25) is 0 Å². The third-order valence-corrected chi connectivity index (χ3v) is 1.41. The fourth-order valence-electron chi connectivity index (χ4n) is 0.938. The summed E-state index contributed by atoms with van der Waals surface area (Å²) < 4.78 is 0. The van der Waals surface area contributed by atoms with Gasteiger partial charge in [0.1, 0.15) is 0 Å². The molecule has 4 heteroatoms. The maximum absolute atomic E-state index is 8.34. The molecule has 1 heterocycles. The van der Waals surface area contributed by atoms with E-state index in [1.54, 1.807) is 0 Å². The van der Waals surface area contributed by atoms with Gasteiger partial charge >= 0.3 is 5.96 Å². The quantitative estimate of drug-likeness (QED) is 0.349. The van der Waals surface area contributed by atoms with Crippen LogP contribution in [0.4, 0.5) is 0 Å². The predicted molar refractivity (Wildman–Crippen MR) is 37.4 cm³/mol. The molecule has 0 aliphatic carbocycles. The van der Waals surface area contributed by atoms with Crippen LogP contribution in [0.5, 0.6) is 0 Å². The van der Waals surface area contributed by atoms with E-state index in [4.69, 9.17) is 5.53 Å². The molecule has 1 aliphatic rings. The lowest BCUT2D eigenvalue weighted by molar-refractivity contribution is -0.00837. The van der Waals surface area contributed by atoms with Crippen LogP contribution in [-0.2, 0) is 0 Å². The molecule has 2 rings (SSSR count). The molecule has 0 saturated carbocycles. The monoisotopic (exact) mass is 144 g/mol. The summed E-state index contributed by atoms with van der Waals surface area (Å²) in [6.07, 6.45) is 0. The molecule has 0 amide bonds. The molecular weight excluding hydrogens is 140 g/mol. The van der Waals surface area contributed by atoms with E-state index < -0.39 is 0 Å². The van der Waals surface area contributed by atoms with Gasteiger partial charge in [0.25, 0.3) is 0 Å². The normalized spacial score (nSPS) is 12.9. The van der Waals surface area contributed by atoms with E-state index in [2.05, 4.69) is 14.8 Å². The number of rotatable bonds is 0. The van der Waals surface area contributed by atoms with Gasteiger partial charge < -0.3 is 10.3 Å². The zero-order valence-corrected chi connectivity index (χ0v) is 5.60. The van der Waals surface area contributed by atoms with Gasteiger partial charge in [-0.15, -0.1) is 0 Å². The van der Waals surface area contributed by atoms with E-state index in [0.717, 1.165) is 10.7 Å². The van der Waals surface area contributed by atoms with Crippen LogP contribution in [0.2, 0.25) is 0 Å². The average molecular weight is 144 g/mol. The van der Waals surface area contributed by atoms with Crippen molar-refractivity contribution in [1.29, 1.82) is 0 Å². The Kier molecular flexibility index (Phi) is 1.14. The largest absolute Gasteiger partial charge is 0.542 e. The molecule has 0 radical (unpaired) electrons. The molecular formula is C7H4N4. The maximum Gasteiger partial charge on any atom is 0.507 e. The Labute approximate surface area is 62.2 Å². The summed E-state index contributed by atoms with van der Waals surface area (Å²) in [7, 11) is 0. The minimum Gasteiger partial charge on any atom is -0.542 e. The van der Waals surface area contributed by atoms with Crippen LogP contribution in [0.25, 0.3) is 5.53 Å². The summed E-state index contributed by atoms with van der Waals surface area (Å²) >= 11 is 0. The lowest BCUT2D eigenvalue weighted by atomic mass is 10.3. The van der Waals surface area contributed by atoms with E-state index in [9.17, 15) is 0 Å². The summed E-state index contributed by atoms with van der Waals surface area (Å²) in [4.78, 5) is 10.7. The highest BCUT2D eigenvalue weighted by molar-refractivity contribution is 5.77. The molecule has 0 aromatic heterocycles. The van der Waals surface area contributed by atoms with Crippen molar-refractivity contribution in [3.8, 4) is 0 Å². The second-order valence-electron chi connectivity index (χ2n) is 2.11. The average Bonchev–Trinajstić information content (AvgIpc) is 2.46. The van der Waals surface area contributed by atoms with E-state index >= 15 is 0 Å². The Morgan fingerprint density at radius 1 is 1.09 bits per heavy atom. The van der Waals surface area contributed by atoms with E-state index in [0.29, 0.717) is 0 Å². The van der Waals surface area contributed by atoms with E-state index in [-0.39, 0.29) is 5.96 Å². The molecule has 11 heavy (non-hydrogen) atoms. The molecule has 4 nitrogen and oxygen atoms in total. The van der Waals surface area contributed by atoms with Crippen LogP contribution >= 0.6 is 0 Å². The van der Waals surface area contributed by atoms with Gasteiger partial charge in [-0.2, -0.15) is 0 Å². The topological polar surface area (TPSA) is 61.1 Å². The summed E-state index contributed by atoms with van der Waals surface area (Å²) in [5.41, 5.74) is 8.34. The lowest BCUT2D eigenvalue weighted by Crippen LogP contribution is -2.19. The third kappa shape index (κ3) is 0.855. The van der Waals surface area contributed by atoms with Crippen molar-refractivity contribution in [2.45, 2.75) is 0 Å². The Hall–Kier alpha value is -1.80. The molecule has 0 unspecified atom stereocenters. The molecule has 1 aromatic rings. The Balaban J connectivity index is 2.91. The second kappa shape index (κ2) is 2.11. The smallest absolute Gasteiger partial charge is 0.507 e. The van der Waals surface area contributed by atoms with Crippen LogP contribution in [0.15, 0.2) is 34.3 Å². The molecule has 0 bridgehead atoms. The van der Waals surface area contributed by atoms with Crippen LogP contribution in [0.1, 0.15) is 0 Å². The van der Waals surface area contributed by atoms with Crippen LogP contribution in [-0.4, -0.2) is 10.7 Å². The number of hydrogen-bond donors (Lipinski definition) is 0. The second-order valence-corrected chi connectivity index (χ2v) is 2.11. The van der Waals surface area contributed by atoms with Crippen molar-refractivity contribution in [2.75, 3.05) is 0 Å². The first-order valence-electron chi connectivity index (χ1n) is 3.15. The SMILES string of the molecule is [N-]=[N+]=C1N=c2ccccc2=N1. The first-order chi connectivity index (χ1) is 5.40. The Morgan fingerprint density at radius 2 is 1.64 bits per heavy atom. The number of para-hydroxylation sites is 2. The van der Waals surface area contributed by atoms with Crippen LogP contribution in [0.3, 0.4) is 0 Å². The predicted octanol–water partition coefficient (Wildman–Crippen LogP) is -0.475. The van der Waals surface area contributed by atoms with Crippen molar-refractivity contribution in [2.24, 2.45) is 9.98 Å². The minimum absolute atomic E-state index is 0.117. The van der Waals surface area contributed by atoms with Gasteiger partial charge in [-0.05, 0) is 12.1 Å². The molecule has 0 spiro atoms. The minimum atomic E-state index is 0.117. The number of benzene rings is 1. The van der Waals surface area contributed by atoms with Crippen LogP contribution in [0, 0.1) is 0 Å². The molecule has 0 N–H and O–H groups in total. The highest BCUT2D eigenvalue weighted by Gasteiger charge is 2.12. The highest BCUT2D eigenvalue weighted by atomic mass is 15.1. The fraction of sp³-hybridized carbons (Fsp3) is 0.